The molecular formula is C15H24O6. The Hall–Kier alpha value is -1.44. The van der Waals surface area contributed by atoms with Crippen molar-refractivity contribution in [1.82, 2.24) is 0 Å². The summed E-state index contributed by atoms with van der Waals surface area (Å²) in [5.41, 5.74) is 2.74. The molecule has 0 spiro atoms. The van der Waals surface area contributed by atoms with E-state index in [-0.39, 0.29) is 0 Å². The summed E-state index contributed by atoms with van der Waals surface area (Å²) in [5, 5.41) is 52.9. The van der Waals surface area contributed by atoms with E-state index >= 15 is 0 Å². The van der Waals surface area contributed by atoms with Crippen molar-refractivity contribution in [3.05, 3.63) is 47.7 Å². The van der Waals surface area contributed by atoms with E-state index in [2.05, 4.69) is 44.7 Å². The molecular weight excluding hydrogens is 276 g/mol. The monoisotopic (exact) mass is 300 g/mol. The highest BCUT2D eigenvalue weighted by Crippen LogP contribution is 2.08. The van der Waals surface area contributed by atoms with Gasteiger partial charge in [-0.05, 0) is 25.0 Å². The molecule has 4 atom stereocenters. The molecule has 1 aromatic rings. The molecule has 0 saturated heterocycles. The Balaban J connectivity index is 0.000000423. The minimum Gasteiger partial charge on any atom is -0.510 e. The number of aliphatic hydroxyl groups is 6. The Labute approximate surface area is 124 Å². The van der Waals surface area contributed by atoms with E-state index in [0.29, 0.717) is 0 Å². The maximum Gasteiger partial charge on any atom is 0.139 e. The summed E-state index contributed by atoms with van der Waals surface area (Å²) < 4.78 is 0. The van der Waals surface area contributed by atoms with E-state index in [1.807, 2.05) is 0 Å². The van der Waals surface area contributed by atoms with Gasteiger partial charge in [0.25, 0.3) is 0 Å². The Kier molecular flexibility index (Phi) is 8.84. The number of rotatable bonds is 5. The molecule has 0 aliphatic rings. The molecule has 0 amide bonds. The summed E-state index contributed by atoms with van der Waals surface area (Å²) >= 11 is 0. The zero-order valence-electron chi connectivity index (χ0n) is 12.2. The van der Waals surface area contributed by atoms with Crippen LogP contribution in [-0.4, -0.2) is 61.7 Å². The van der Waals surface area contributed by atoms with Crippen LogP contribution in [0.15, 0.2) is 36.6 Å². The molecule has 0 aromatic heterocycles. The largest absolute Gasteiger partial charge is 0.510 e. The van der Waals surface area contributed by atoms with Crippen LogP contribution in [0.25, 0.3) is 0 Å². The van der Waals surface area contributed by atoms with E-state index in [4.69, 9.17) is 30.6 Å². The third-order valence-electron chi connectivity index (χ3n) is 3.02. The summed E-state index contributed by atoms with van der Waals surface area (Å²) in [6, 6.07) is 8.36. The Morgan fingerprint density at radius 3 is 1.71 bits per heavy atom. The average molecular weight is 300 g/mol. The van der Waals surface area contributed by atoms with E-state index in [1.165, 1.54) is 11.1 Å². The van der Waals surface area contributed by atoms with Gasteiger partial charge in [0.2, 0.25) is 0 Å². The van der Waals surface area contributed by atoms with E-state index in [1.54, 1.807) is 0 Å². The lowest BCUT2D eigenvalue weighted by molar-refractivity contribution is -0.112. The zero-order chi connectivity index (χ0) is 16.6. The lowest BCUT2D eigenvalue weighted by Crippen LogP contribution is -2.46. The average Bonchev–Trinajstić information content (AvgIpc) is 2.47. The maximum absolute atomic E-state index is 9.07. The molecule has 0 radical (unpaired) electrons. The van der Waals surface area contributed by atoms with Crippen LogP contribution in [0.1, 0.15) is 11.1 Å². The lowest BCUT2D eigenvalue weighted by Gasteiger charge is -2.24. The van der Waals surface area contributed by atoms with Crippen LogP contribution in [0.2, 0.25) is 0 Å². The van der Waals surface area contributed by atoms with Crippen LogP contribution in [0.5, 0.6) is 0 Å². The van der Waals surface area contributed by atoms with E-state index in [0.717, 1.165) is 0 Å². The normalized spacial score (nSPS) is 16.1. The first kappa shape index (κ1) is 19.6. The molecule has 0 aliphatic carbocycles. The summed E-state index contributed by atoms with van der Waals surface area (Å²) in [6.07, 6.45) is -6.87. The lowest BCUT2D eigenvalue weighted by atomic mass is 10.0. The van der Waals surface area contributed by atoms with Gasteiger partial charge in [0.05, 0.1) is 6.61 Å². The predicted octanol–water partition coefficient (Wildman–Crippen LogP) is -0.203. The molecule has 1 aromatic carbocycles. The van der Waals surface area contributed by atoms with E-state index < -0.39 is 36.8 Å². The molecule has 4 unspecified atom stereocenters. The standard InChI is InChI=1S/C8H10.C7H14O6/c1-7-5-3-4-6-8(7)2;1-3(9)5(11)7(13)6(12)4(10)2-8/h3-6H,1-2H3;4-13H,1-2H2. The fraction of sp³-hybridized carbons (Fsp3) is 0.467. The minimum absolute atomic E-state index is 0.725. The number of aryl methyl sites for hydroxylation is 2. The zero-order valence-corrected chi connectivity index (χ0v) is 12.2. The van der Waals surface area contributed by atoms with E-state index in [9.17, 15) is 0 Å². The SMILES string of the molecule is C=C(O)C(O)C(O)C(O)C(O)CO.Cc1ccccc1C. The summed E-state index contributed by atoms with van der Waals surface area (Å²) in [7, 11) is 0. The van der Waals surface area contributed by atoms with Gasteiger partial charge in [-0.2, -0.15) is 0 Å². The van der Waals surface area contributed by atoms with Gasteiger partial charge < -0.3 is 30.6 Å². The first-order valence-corrected chi connectivity index (χ1v) is 6.45. The quantitative estimate of drug-likeness (QED) is 0.419. The maximum atomic E-state index is 9.07. The van der Waals surface area contributed by atoms with Gasteiger partial charge in [0.1, 0.15) is 30.2 Å². The molecule has 6 heteroatoms. The van der Waals surface area contributed by atoms with Crippen molar-refractivity contribution in [3.8, 4) is 0 Å². The second-order valence-electron chi connectivity index (χ2n) is 4.75. The second kappa shape index (κ2) is 9.49. The molecule has 120 valence electrons. The molecule has 0 fully saturated rings. The van der Waals surface area contributed by atoms with Crippen LogP contribution in [-0.2, 0) is 0 Å². The highest BCUT2D eigenvalue weighted by Gasteiger charge is 2.31. The van der Waals surface area contributed by atoms with Crippen LogP contribution < -0.4 is 0 Å². The first-order valence-electron chi connectivity index (χ1n) is 6.45. The highest BCUT2D eigenvalue weighted by molar-refractivity contribution is 5.23. The van der Waals surface area contributed by atoms with Crippen molar-refractivity contribution >= 4 is 0 Å². The van der Waals surface area contributed by atoms with Crippen molar-refractivity contribution in [1.29, 1.82) is 0 Å². The van der Waals surface area contributed by atoms with Crippen molar-refractivity contribution in [2.24, 2.45) is 0 Å². The summed E-state index contributed by atoms with van der Waals surface area (Å²) in [5.74, 6) is -0.725. The van der Waals surface area contributed by atoms with Crippen molar-refractivity contribution in [3.63, 3.8) is 0 Å². The van der Waals surface area contributed by atoms with Crippen LogP contribution in [0, 0.1) is 13.8 Å². The van der Waals surface area contributed by atoms with Gasteiger partial charge in [0.15, 0.2) is 0 Å². The van der Waals surface area contributed by atoms with Gasteiger partial charge in [-0.1, -0.05) is 30.8 Å². The predicted molar refractivity (Wildman–Crippen MR) is 78.8 cm³/mol. The van der Waals surface area contributed by atoms with Crippen molar-refractivity contribution in [2.45, 2.75) is 38.3 Å². The van der Waals surface area contributed by atoms with Gasteiger partial charge in [-0.3, -0.25) is 0 Å². The first-order chi connectivity index (χ1) is 9.72. The van der Waals surface area contributed by atoms with Crippen molar-refractivity contribution in [2.75, 3.05) is 6.61 Å². The molecule has 6 N–H and O–H groups in total. The summed E-state index contributed by atoms with van der Waals surface area (Å²) in [6.45, 7) is 6.41. The molecule has 0 bridgehead atoms. The number of hydrogen-bond donors (Lipinski definition) is 6. The van der Waals surface area contributed by atoms with Crippen LogP contribution in [0.3, 0.4) is 0 Å². The van der Waals surface area contributed by atoms with Gasteiger partial charge in [-0.15, -0.1) is 0 Å². The smallest absolute Gasteiger partial charge is 0.139 e. The van der Waals surface area contributed by atoms with Gasteiger partial charge in [-0.25, -0.2) is 0 Å². The van der Waals surface area contributed by atoms with Crippen LogP contribution in [0.4, 0.5) is 0 Å². The fourth-order valence-electron chi connectivity index (χ4n) is 1.38. The van der Waals surface area contributed by atoms with Crippen molar-refractivity contribution < 1.29 is 30.6 Å². The topological polar surface area (TPSA) is 121 Å². The third kappa shape index (κ3) is 6.70. The number of aliphatic hydroxyl groups excluding tert-OH is 6. The van der Waals surface area contributed by atoms with Crippen LogP contribution >= 0.6 is 0 Å². The Morgan fingerprint density at radius 2 is 1.43 bits per heavy atom. The number of benzene rings is 1. The minimum atomic E-state index is -1.79. The third-order valence-corrected chi connectivity index (χ3v) is 3.02. The Bertz CT molecular complexity index is 413. The second-order valence-corrected chi connectivity index (χ2v) is 4.75. The highest BCUT2D eigenvalue weighted by atomic mass is 16.4. The number of hydrogen-bond acceptors (Lipinski definition) is 6. The molecule has 0 saturated carbocycles. The van der Waals surface area contributed by atoms with Gasteiger partial charge in [0, 0.05) is 0 Å². The molecule has 1 rings (SSSR count). The fourth-order valence-corrected chi connectivity index (χ4v) is 1.38. The molecule has 0 aliphatic heterocycles. The molecule has 21 heavy (non-hydrogen) atoms. The molecule has 6 nitrogen and oxygen atoms in total. The molecule has 0 heterocycles. The Morgan fingerprint density at radius 1 is 1.00 bits per heavy atom. The van der Waals surface area contributed by atoms with Gasteiger partial charge >= 0.3 is 0 Å². The summed E-state index contributed by atoms with van der Waals surface area (Å²) in [4.78, 5) is 0.